The van der Waals surface area contributed by atoms with E-state index in [2.05, 4.69) is 6.92 Å². The van der Waals surface area contributed by atoms with Crippen molar-refractivity contribution in [3.05, 3.63) is 70.1 Å². The van der Waals surface area contributed by atoms with E-state index in [0.29, 0.717) is 16.3 Å². The van der Waals surface area contributed by atoms with E-state index in [9.17, 15) is 10.1 Å². The highest BCUT2D eigenvalue weighted by Gasteiger charge is 2.15. The van der Waals surface area contributed by atoms with Gasteiger partial charge in [0.1, 0.15) is 5.75 Å². The molecule has 0 saturated carbocycles. The summed E-state index contributed by atoms with van der Waals surface area (Å²) in [7, 11) is 0. The molecule has 4 nitrogen and oxygen atoms in total. The lowest BCUT2D eigenvalue weighted by Crippen LogP contribution is -1.94. The van der Waals surface area contributed by atoms with Gasteiger partial charge in [0, 0.05) is 11.1 Å². The van der Waals surface area contributed by atoms with Crippen LogP contribution in [0.3, 0.4) is 0 Å². The van der Waals surface area contributed by atoms with Crippen molar-refractivity contribution in [2.45, 2.75) is 0 Å². The van der Waals surface area contributed by atoms with Crippen molar-refractivity contribution >= 4 is 17.3 Å². The molecule has 18 heavy (non-hydrogen) atoms. The Hall–Kier alpha value is -2.07. The third-order valence-corrected chi connectivity index (χ3v) is 2.48. The molecular weight excluding hydrogens is 254 g/mol. The van der Waals surface area contributed by atoms with Crippen molar-refractivity contribution in [1.29, 1.82) is 0 Å². The van der Waals surface area contributed by atoms with E-state index >= 15 is 0 Å². The summed E-state index contributed by atoms with van der Waals surface area (Å²) in [5, 5.41) is 11.4. The van der Waals surface area contributed by atoms with E-state index in [-0.39, 0.29) is 11.4 Å². The molecule has 91 valence electrons. The van der Waals surface area contributed by atoms with Crippen LogP contribution >= 0.6 is 11.6 Å². The van der Waals surface area contributed by atoms with Gasteiger partial charge in [0.15, 0.2) is 0 Å². The number of hydrogen-bond donors (Lipinski definition) is 0. The van der Waals surface area contributed by atoms with Crippen LogP contribution in [-0.4, -0.2) is 4.92 Å². The van der Waals surface area contributed by atoms with Crippen molar-refractivity contribution in [3.63, 3.8) is 0 Å². The van der Waals surface area contributed by atoms with Crippen molar-refractivity contribution in [2.24, 2.45) is 0 Å². The third kappa shape index (κ3) is 2.78. The number of hydrogen-bond acceptors (Lipinski definition) is 3. The minimum atomic E-state index is -0.505. The standard InChI is InChI=1S/C13H9ClNO3/c1-9-5-6-13(12(7-9)15(16)17)18-11-4-2-3-10(14)8-11/h2-8H,1H2. The van der Waals surface area contributed by atoms with Crippen LogP contribution < -0.4 is 4.74 Å². The van der Waals surface area contributed by atoms with Crippen LogP contribution in [0.5, 0.6) is 11.5 Å². The number of nitrogens with zero attached hydrogens (tertiary/aromatic N) is 1. The molecule has 0 atom stereocenters. The number of ether oxygens (including phenoxy) is 1. The first-order valence-corrected chi connectivity index (χ1v) is 5.48. The van der Waals surface area contributed by atoms with Gasteiger partial charge in [-0.1, -0.05) is 23.7 Å². The molecule has 0 heterocycles. The second-order valence-electron chi connectivity index (χ2n) is 3.62. The van der Waals surface area contributed by atoms with Crippen molar-refractivity contribution in [3.8, 4) is 11.5 Å². The molecule has 2 aromatic rings. The average Bonchev–Trinajstić information content (AvgIpc) is 2.31. The normalized spacial score (nSPS) is 10.1. The predicted octanol–water partition coefficient (Wildman–Crippen LogP) is 4.22. The monoisotopic (exact) mass is 262 g/mol. The summed E-state index contributed by atoms with van der Waals surface area (Å²) in [5.74, 6) is 0.608. The lowest BCUT2D eigenvalue weighted by molar-refractivity contribution is -0.385. The average molecular weight is 263 g/mol. The van der Waals surface area contributed by atoms with Crippen LogP contribution in [0.2, 0.25) is 5.02 Å². The zero-order chi connectivity index (χ0) is 13.1. The van der Waals surface area contributed by atoms with Gasteiger partial charge < -0.3 is 4.74 Å². The fourth-order valence-electron chi connectivity index (χ4n) is 1.45. The maximum Gasteiger partial charge on any atom is 0.311 e. The summed E-state index contributed by atoms with van der Waals surface area (Å²) in [6.07, 6.45) is 0. The second-order valence-corrected chi connectivity index (χ2v) is 4.06. The van der Waals surface area contributed by atoms with Gasteiger partial charge >= 0.3 is 5.69 Å². The van der Waals surface area contributed by atoms with E-state index in [1.807, 2.05) is 0 Å². The Morgan fingerprint density at radius 2 is 2.00 bits per heavy atom. The molecule has 2 rings (SSSR count). The summed E-state index contributed by atoms with van der Waals surface area (Å²) in [5.41, 5.74) is 0.433. The largest absolute Gasteiger partial charge is 0.450 e. The number of nitro benzene ring substituents is 1. The minimum absolute atomic E-state index is 0.123. The number of nitro groups is 1. The Balaban J connectivity index is 2.37. The second kappa shape index (κ2) is 5.06. The zero-order valence-corrected chi connectivity index (χ0v) is 10.1. The Kier molecular flexibility index (Phi) is 3.48. The fourth-order valence-corrected chi connectivity index (χ4v) is 1.63. The lowest BCUT2D eigenvalue weighted by Gasteiger charge is -2.07. The van der Waals surface area contributed by atoms with Crippen LogP contribution in [0, 0.1) is 17.0 Å². The van der Waals surface area contributed by atoms with Crippen LogP contribution in [0.1, 0.15) is 5.56 Å². The molecule has 0 aliphatic carbocycles. The van der Waals surface area contributed by atoms with E-state index < -0.39 is 4.92 Å². The van der Waals surface area contributed by atoms with E-state index in [4.69, 9.17) is 16.3 Å². The van der Waals surface area contributed by atoms with Crippen LogP contribution in [0.25, 0.3) is 0 Å². The third-order valence-electron chi connectivity index (χ3n) is 2.24. The van der Waals surface area contributed by atoms with Crippen molar-refractivity contribution in [2.75, 3.05) is 0 Å². The van der Waals surface area contributed by atoms with Gasteiger partial charge in [0.05, 0.1) is 4.92 Å². The topological polar surface area (TPSA) is 52.4 Å². The molecule has 0 N–H and O–H groups in total. The molecule has 0 saturated heterocycles. The molecule has 0 amide bonds. The Labute approximate surface area is 109 Å². The molecule has 0 aliphatic rings. The molecule has 2 aromatic carbocycles. The van der Waals surface area contributed by atoms with Gasteiger partial charge in [-0.2, -0.15) is 0 Å². The highest BCUT2D eigenvalue weighted by Crippen LogP contribution is 2.32. The first-order chi connectivity index (χ1) is 8.56. The quantitative estimate of drug-likeness (QED) is 0.615. The molecule has 0 unspecified atom stereocenters. The van der Waals surface area contributed by atoms with Gasteiger partial charge in [0.2, 0.25) is 5.75 Å². The summed E-state index contributed by atoms with van der Waals surface area (Å²) in [4.78, 5) is 10.4. The van der Waals surface area contributed by atoms with Crippen molar-refractivity contribution < 1.29 is 9.66 Å². The number of benzene rings is 2. The lowest BCUT2D eigenvalue weighted by atomic mass is 10.2. The maximum absolute atomic E-state index is 10.9. The van der Waals surface area contributed by atoms with Gasteiger partial charge in [-0.15, -0.1) is 0 Å². The maximum atomic E-state index is 10.9. The highest BCUT2D eigenvalue weighted by molar-refractivity contribution is 6.30. The summed E-state index contributed by atoms with van der Waals surface area (Å²) in [6.45, 7) is 3.64. The summed E-state index contributed by atoms with van der Waals surface area (Å²) in [6, 6.07) is 11.2. The van der Waals surface area contributed by atoms with Gasteiger partial charge in [0.25, 0.3) is 0 Å². The number of rotatable bonds is 3. The Morgan fingerprint density at radius 3 is 2.67 bits per heavy atom. The van der Waals surface area contributed by atoms with Crippen LogP contribution in [0.15, 0.2) is 42.5 Å². The number of halogens is 1. The minimum Gasteiger partial charge on any atom is -0.450 e. The molecule has 1 radical (unpaired) electrons. The molecule has 0 fully saturated rings. The molecule has 0 aliphatic heterocycles. The highest BCUT2D eigenvalue weighted by atomic mass is 35.5. The SMILES string of the molecule is [CH2]c1ccc(Oc2cccc(Cl)c2)c([N+](=O)[O-])c1. The molecular formula is C13H9ClNO3. The van der Waals surface area contributed by atoms with Crippen LogP contribution in [0.4, 0.5) is 5.69 Å². The smallest absolute Gasteiger partial charge is 0.311 e. The molecule has 0 spiro atoms. The van der Waals surface area contributed by atoms with E-state index in [1.54, 1.807) is 30.3 Å². The van der Waals surface area contributed by atoms with Gasteiger partial charge in [-0.3, -0.25) is 10.1 Å². The van der Waals surface area contributed by atoms with Gasteiger partial charge in [-0.05, 0) is 36.8 Å². The molecule has 5 heteroatoms. The first kappa shape index (κ1) is 12.4. The molecule has 0 aromatic heterocycles. The Bertz CT molecular complexity index is 599. The van der Waals surface area contributed by atoms with E-state index in [1.165, 1.54) is 12.1 Å². The summed E-state index contributed by atoms with van der Waals surface area (Å²) < 4.78 is 5.45. The van der Waals surface area contributed by atoms with Crippen molar-refractivity contribution in [1.82, 2.24) is 0 Å². The van der Waals surface area contributed by atoms with Gasteiger partial charge in [-0.25, -0.2) is 0 Å². The zero-order valence-electron chi connectivity index (χ0n) is 9.30. The first-order valence-electron chi connectivity index (χ1n) is 5.10. The fraction of sp³-hybridized carbons (Fsp3) is 0. The summed E-state index contributed by atoms with van der Waals surface area (Å²) >= 11 is 5.81. The predicted molar refractivity (Wildman–Crippen MR) is 69.1 cm³/mol. The van der Waals surface area contributed by atoms with E-state index in [0.717, 1.165) is 0 Å². The molecule has 0 bridgehead atoms. The van der Waals surface area contributed by atoms with Crippen LogP contribution in [-0.2, 0) is 0 Å². The Morgan fingerprint density at radius 1 is 1.22 bits per heavy atom.